The first-order valence-corrected chi connectivity index (χ1v) is 5.49. The number of hydrogen-bond acceptors (Lipinski definition) is 3. The average Bonchev–Trinajstić information content (AvgIpc) is 2.28. The number of amides is 1. The Bertz CT molecular complexity index is 422. The van der Waals surface area contributed by atoms with Crippen LogP contribution >= 0.6 is 0 Å². The van der Waals surface area contributed by atoms with Crippen molar-refractivity contribution in [2.24, 2.45) is 5.92 Å². The van der Waals surface area contributed by atoms with E-state index in [-0.39, 0.29) is 12.5 Å². The van der Waals surface area contributed by atoms with Crippen LogP contribution in [0.2, 0.25) is 0 Å². The Balaban J connectivity index is 2.43. The molecule has 1 rings (SSSR count). The third-order valence-corrected chi connectivity index (χ3v) is 1.96. The zero-order valence-electron chi connectivity index (χ0n) is 10.1. The third kappa shape index (κ3) is 5.14. The molecule has 1 aromatic rings. The van der Waals surface area contributed by atoms with Crippen LogP contribution in [-0.2, 0) is 9.53 Å². The van der Waals surface area contributed by atoms with E-state index in [4.69, 9.17) is 10.00 Å². The van der Waals surface area contributed by atoms with Crippen LogP contribution in [-0.4, -0.2) is 19.1 Å². The Hall–Kier alpha value is -1.86. The maximum absolute atomic E-state index is 11.5. The second kappa shape index (κ2) is 6.66. The van der Waals surface area contributed by atoms with Crippen LogP contribution in [0.4, 0.5) is 5.69 Å². The number of ether oxygens (including phenoxy) is 1. The maximum atomic E-state index is 11.5. The van der Waals surface area contributed by atoms with Gasteiger partial charge in [-0.3, -0.25) is 4.79 Å². The number of nitriles is 1. The largest absolute Gasteiger partial charge is 0.371 e. The first-order valence-electron chi connectivity index (χ1n) is 5.49. The molecule has 0 aliphatic rings. The fourth-order valence-electron chi connectivity index (χ4n) is 1.25. The molecular weight excluding hydrogens is 216 g/mol. The number of rotatable bonds is 5. The molecule has 0 saturated carbocycles. The zero-order chi connectivity index (χ0) is 12.7. The van der Waals surface area contributed by atoms with Crippen LogP contribution in [0.1, 0.15) is 19.4 Å². The van der Waals surface area contributed by atoms with Crippen molar-refractivity contribution in [1.29, 1.82) is 5.26 Å². The fourth-order valence-corrected chi connectivity index (χ4v) is 1.25. The topological polar surface area (TPSA) is 62.1 Å². The lowest BCUT2D eigenvalue weighted by Crippen LogP contribution is -2.19. The van der Waals surface area contributed by atoms with Gasteiger partial charge in [0.2, 0.25) is 5.91 Å². The van der Waals surface area contributed by atoms with Gasteiger partial charge < -0.3 is 10.1 Å². The minimum absolute atomic E-state index is 0.0367. The molecule has 90 valence electrons. The lowest BCUT2D eigenvalue weighted by molar-refractivity contribution is -0.120. The molecule has 1 aromatic carbocycles. The van der Waals surface area contributed by atoms with E-state index in [2.05, 4.69) is 5.32 Å². The minimum atomic E-state index is -0.208. The lowest BCUT2D eigenvalue weighted by atomic mass is 10.2. The van der Waals surface area contributed by atoms with Gasteiger partial charge in [0.05, 0.1) is 11.6 Å². The van der Waals surface area contributed by atoms with Gasteiger partial charge in [-0.15, -0.1) is 0 Å². The molecule has 0 saturated heterocycles. The molecule has 0 atom stereocenters. The van der Waals surface area contributed by atoms with Crippen molar-refractivity contribution in [3.63, 3.8) is 0 Å². The van der Waals surface area contributed by atoms with Crippen LogP contribution in [0.15, 0.2) is 24.3 Å². The Morgan fingerprint density at radius 3 is 2.94 bits per heavy atom. The smallest absolute Gasteiger partial charge is 0.250 e. The van der Waals surface area contributed by atoms with Crippen LogP contribution in [0, 0.1) is 17.2 Å². The van der Waals surface area contributed by atoms with E-state index in [9.17, 15) is 4.79 Å². The molecule has 0 radical (unpaired) electrons. The van der Waals surface area contributed by atoms with Crippen molar-refractivity contribution < 1.29 is 9.53 Å². The van der Waals surface area contributed by atoms with Gasteiger partial charge in [0, 0.05) is 12.3 Å². The molecule has 4 nitrogen and oxygen atoms in total. The summed E-state index contributed by atoms with van der Waals surface area (Å²) in [5, 5.41) is 11.4. The number of benzene rings is 1. The monoisotopic (exact) mass is 232 g/mol. The van der Waals surface area contributed by atoms with Crippen molar-refractivity contribution in [3.05, 3.63) is 29.8 Å². The summed E-state index contributed by atoms with van der Waals surface area (Å²) in [5.41, 5.74) is 1.13. The highest BCUT2D eigenvalue weighted by molar-refractivity contribution is 5.91. The fraction of sp³-hybridized carbons (Fsp3) is 0.385. The Morgan fingerprint density at radius 1 is 1.53 bits per heavy atom. The second-order valence-corrected chi connectivity index (χ2v) is 4.15. The Morgan fingerprint density at radius 2 is 2.29 bits per heavy atom. The van der Waals surface area contributed by atoms with Crippen molar-refractivity contribution >= 4 is 11.6 Å². The number of nitrogens with one attached hydrogen (secondary N) is 1. The predicted octanol–water partition coefficient (Wildman–Crippen LogP) is 2.17. The van der Waals surface area contributed by atoms with Gasteiger partial charge in [0.1, 0.15) is 6.61 Å². The van der Waals surface area contributed by atoms with E-state index in [1.807, 2.05) is 19.9 Å². The van der Waals surface area contributed by atoms with E-state index in [0.29, 0.717) is 23.8 Å². The molecule has 0 bridgehead atoms. The Labute approximate surface area is 101 Å². The summed E-state index contributed by atoms with van der Waals surface area (Å²) in [7, 11) is 0. The van der Waals surface area contributed by atoms with Gasteiger partial charge in [-0.1, -0.05) is 19.9 Å². The summed E-state index contributed by atoms with van der Waals surface area (Å²) in [4.78, 5) is 11.5. The summed E-state index contributed by atoms with van der Waals surface area (Å²) in [6.45, 7) is 4.64. The highest BCUT2D eigenvalue weighted by atomic mass is 16.5. The van der Waals surface area contributed by atoms with E-state index in [1.165, 1.54) is 0 Å². The van der Waals surface area contributed by atoms with Crippen molar-refractivity contribution in [2.45, 2.75) is 13.8 Å². The SMILES string of the molecule is CC(C)COCC(=O)Nc1cccc(C#N)c1. The first kappa shape index (κ1) is 13.2. The molecular formula is C13H16N2O2. The van der Waals surface area contributed by atoms with Gasteiger partial charge in [-0.2, -0.15) is 5.26 Å². The van der Waals surface area contributed by atoms with Crippen LogP contribution < -0.4 is 5.32 Å². The van der Waals surface area contributed by atoms with Gasteiger partial charge in [-0.25, -0.2) is 0 Å². The molecule has 0 aromatic heterocycles. The summed E-state index contributed by atoms with van der Waals surface area (Å²) in [5.74, 6) is 0.199. The number of nitrogens with zero attached hydrogens (tertiary/aromatic N) is 1. The van der Waals surface area contributed by atoms with Crippen LogP contribution in [0.3, 0.4) is 0 Å². The molecule has 0 aliphatic heterocycles. The van der Waals surface area contributed by atoms with E-state index >= 15 is 0 Å². The predicted molar refractivity (Wildman–Crippen MR) is 65.4 cm³/mol. The molecule has 0 unspecified atom stereocenters. The molecule has 0 aliphatic carbocycles. The number of hydrogen-bond donors (Lipinski definition) is 1. The first-order chi connectivity index (χ1) is 8.11. The third-order valence-electron chi connectivity index (χ3n) is 1.96. The number of anilines is 1. The van der Waals surface area contributed by atoms with E-state index in [0.717, 1.165) is 0 Å². The Kier molecular flexibility index (Phi) is 5.18. The molecule has 17 heavy (non-hydrogen) atoms. The van der Waals surface area contributed by atoms with Gasteiger partial charge >= 0.3 is 0 Å². The summed E-state index contributed by atoms with van der Waals surface area (Å²) < 4.78 is 5.21. The lowest BCUT2D eigenvalue weighted by Gasteiger charge is -2.07. The summed E-state index contributed by atoms with van der Waals surface area (Å²) >= 11 is 0. The molecule has 0 fully saturated rings. The second-order valence-electron chi connectivity index (χ2n) is 4.15. The standard InChI is InChI=1S/C13H16N2O2/c1-10(2)8-17-9-13(16)15-12-5-3-4-11(6-12)7-14/h3-6,10H,8-9H2,1-2H3,(H,15,16). The molecule has 1 N–H and O–H groups in total. The molecule has 1 amide bonds. The van der Waals surface area contributed by atoms with Gasteiger partial charge in [-0.05, 0) is 24.1 Å². The van der Waals surface area contributed by atoms with E-state index < -0.39 is 0 Å². The van der Waals surface area contributed by atoms with E-state index in [1.54, 1.807) is 24.3 Å². The van der Waals surface area contributed by atoms with Gasteiger partial charge in [0.25, 0.3) is 0 Å². The molecule has 4 heteroatoms. The van der Waals surface area contributed by atoms with Crippen molar-refractivity contribution in [2.75, 3.05) is 18.5 Å². The maximum Gasteiger partial charge on any atom is 0.250 e. The number of carbonyl (C=O) groups excluding carboxylic acids is 1. The van der Waals surface area contributed by atoms with Crippen molar-refractivity contribution in [3.8, 4) is 6.07 Å². The molecule has 0 spiro atoms. The number of carbonyl (C=O) groups is 1. The summed E-state index contributed by atoms with van der Waals surface area (Å²) in [6.07, 6.45) is 0. The normalized spacial score (nSPS) is 10.0. The van der Waals surface area contributed by atoms with Gasteiger partial charge in [0.15, 0.2) is 0 Å². The van der Waals surface area contributed by atoms with Crippen molar-refractivity contribution in [1.82, 2.24) is 0 Å². The minimum Gasteiger partial charge on any atom is -0.371 e. The average molecular weight is 232 g/mol. The highest BCUT2D eigenvalue weighted by Crippen LogP contribution is 2.09. The summed E-state index contributed by atoms with van der Waals surface area (Å²) in [6, 6.07) is 8.79. The highest BCUT2D eigenvalue weighted by Gasteiger charge is 2.03. The van der Waals surface area contributed by atoms with Crippen LogP contribution in [0.25, 0.3) is 0 Å². The zero-order valence-corrected chi connectivity index (χ0v) is 10.1. The molecule has 0 heterocycles. The quantitative estimate of drug-likeness (QED) is 0.846. The van der Waals surface area contributed by atoms with Crippen LogP contribution in [0.5, 0.6) is 0 Å².